The minimum atomic E-state index is -0.237. The summed E-state index contributed by atoms with van der Waals surface area (Å²) in [5, 5.41) is 6.27. The second kappa shape index (κ2) is 7.11. The van der Waals surface area contributed by atoms with E-state index in [1.165, 1.54) is 0 Å². The maximum atomic E-state index is 12.3. The molecule has 2 N–H and O–H groups in total. The van der Waals surface area contributed by atoms with Crippen molar-refractivity contribution in [3.63, 3.8) is 0 Å². The van der Waals surface area contributed by atoms with E-state index in [1.54, 1.807) is 4.90 Å². The molecule has 2 aliphatic rings. The van der Waals surface area contributed by atoms with Gasteiger partial charge in [0, 0.05) is 31.2 Å². The molecule has 0 saturated carbocycles. The summed E-state index contributed by atoms with van der Waals surface area (Å²) in [6, 6.07) is 8.06. The van der Waals surface area contributed by atoms with Crippen LogP contribution in [0.4, 0.5) is 5.69 Å². The summed E-state index contributed by atoms with van der Waals surface area (Å²) in [5.41, 5.74) is 2.04. The third kappa shape index (κ3) is 3.59. The van der Waals surface area contributed by atoms with Crippen LogP contribution < -0.4 is 15.5 Å². The van der Waals surface area contributed by atoms with Gasteiger partial charge in [-0.2, -0.15) is 0 Å². The molecule has 0 aromatic heterocycles. The van der Waals surface area contributed by atoms with Crippen molar-refractivity contribution in [3.8, 4) is 0 Å². The zero-order valence-corrected chi connectivity index (χ0v) is 13.5. The minimum absolute atomic E-state index is 0. The number of halogens is 1. The van der Waals surface area contributed by atoms with Crippen molar-refractivity contribution in [1.29, 1.82) is 0 Å². The Hall–Kier alpha value is -1.59. The van der Waals surface area contributed by atoms with Crippen molar-refractivity contribution in [2.45, 2.75) is 25.8 Å². The maximum Gasteiger partial charge on any atom is 0.227 e. The van der Waals surface area contributed by atoms with Gasteiger partial charge in [-0.05, 0) is 32.0 Å². The van der Waals surface area contributed by atoms with E-state index in [2.05, 4.69) is 10.6 Å². The number of hydrogen-bond donors (Lipinski definition) is 2. The SMILES string of the molecule is Cc1ccc(N2CC(C(=O)NC3CCNC3)CC2=O)cc1.Cl. The molecule has 0 bridgehead atoms. The van der Waals surface area contributed by atoms with E-state index in [1.807, 2.05) is 31.2 Å². The van der Waals surface area contributed by atoms with Gasteiger partial charge in [-0.1, -0.05) is 17.7 Å². The van der Waals surface area contributed by atoms with Gasteiger partial charge in [-0.15, -0.1) is 12.4 Å². The van der Waals surface area contributed by atoms with Gasteiger partial charge in [0.15, 0.2) is 0 Å². The van der Waals surface area contributed by atoms with Gasteiger partial charge in [0.05, 0.1) is 5.92 Å². The number of benzene rings is 1. The molecule has 1 aromatic carbocycles. The Morgan fingerprint density at radius 1 is 1.32 bits per heavy atom. The third-order valence-electron chi connectivity index (χ3n) is 4.25. The first-order valence-corrected chi connectivity index (χ1v) is 7.51. The Bertz CT molecular complexity index is 541. The van der Waals surface area contributed by atoms with E-state index in [4.69, 9.17) is 0 Å². The summed E-state index contributed by atoms with van der Waals surface area (Å²) in [5.74, 6) is -0.199. The van der Waals surface area contributed by atoms with Gasteiger partial charge in [0.25, 0.3) is 0 Å². The Balaban J connectivity index is 0.00000176. The number of aryl methyl sites for hydroxylation is 1. The number of amides is 2. The third-order valence-corrected chi connectivity index (χ3v) is 4.25. The molecule has 2 unspecified atom stereocenters. The first kappa shape index (κ1) is 16.8. The van der Waals surface area contributed by atoms with Gasteiger partial charge in [-0.25, -0.2) is 0 Å². The van der Waals surface area contributed by atoms with E-state index in [9.17, 15) is 9.59 Å². The number of rotatable bonds is 3. The molecule has 2 atom stereocenters. The fourth-order valence-corrected chi connectivity index (χ4v) is 2.95. The standard InChI is InChI=1S/C16H21N3O2.ClH/c1-11-2-4-14(5-3-11)19-10-12(8-15(19)20)16(21)18-13-6-7-17-9-13;/h2-5,12-13,17H,6-10H2,1H3,(H,18,21);1H. The highest BCUT2D eigenvalue weighted by molar-refractivity contribution is 6.00. The predicted octanol–water partition coefficient (Wildman–Crippen LogP) is 1.25. The van der Waals surface area contributed by atoms with Crippen LogP contribution in [-0.2, 0) is 9.59 Å². The molecule has 2 fully saturated rings. The fraction of sp³-hybridized carbons (Fsp3) is 0.500. The summed E-state index contributed by atoms with van der Waals surface area (Å²) in [6.07, 6.45) is 1.27. The molecule has 22 heavy (non-hydrogen) atoms. The van der Waals surface area contributed by atoms with Gasteiger partial charge < -0.3 is 15.5 Å². The molecule has 2 saturated heterocycles. The van der Waals surface area contributed by atoms with Crippen LogP contribution in [0.1, 0.15) is 18.4 Å². The molecule has 0 spiro atoms. The summed E-state index contributed by atoms with van der Waals surface area (Å²) in [4.78, 5) is 26.1. The van der Waals surface area contributed by atoms with Crippen molar-refractivity contribution in [1.82, 2.24) is 10.6 Å². The van der Waals surface area contributed by atoms with Crippen molar-refractivity contribution in [3.05, 3.63) is 29.8 Å². The molecule has 0 radical (unpaired) electrons. The molecule has 3 rings (SSSR count). The van der Waals surface area contributed by atoms with Gasteiger partial charge in [0.2, 0.25) is 11.8 Å². The Labute approximate surface area is 136 Å². The van der Waals surface area contributed by atoms with Crippen molar-refractivity contribution < 1.29 is 9.59 Å². The zero-order chi connectivity index (χ0) is 14.8. The lowest BCUT2D eigenvalue weighted by Gasteiger charge is -2.18. The number of nitrogens with zero attached hydrogens (tertiary/aromatic N) is 1. The van der Waals surface area contributed by atoms with Crippen LogP contribution in [-0.4, -0.2) is 37.5 Å². The highest BCUT2D eigenvalue weighted by Crippen LogP contribution is 2.25. The molecule has 6 heteroatoms. The summed E-state index contributed by atoms with van der Waals surface area (Å²) >= 11 is 0. The van der Waals surface area contributed by atoms with Gasteiger partial charge in [-0.3, -0.25) is 9.59 Å². The molecular weight excluding hydrogens is 302 g/mol. The van der Waals surface area contributed by atoms with Crippen LogP contribution in [0.15, 0.2) is 24.3 Å². The maximum absolute atomic E-state index is 12.3. The number of carbonyl (C=O) groups is 2. The average Bonchev–Trinajstić information content (AvgIpc) is 3.09. The first-order valence-electron chi connectivity index (χ1n) is 7.51. The summed E-state index contributed by atoms with van der Waals surface area (Å²) in [7, 11) is 0. The largest absolute Gasteiger partial charge is 0.352 e. The minimum Gasteiger partial charge on any atom is -0.352 e. The van der Waals surface area contributed by atoms with Crippen molar-refractivity contribution in [2.75, 3.05) is 24.5 Å². The molecular formula is C16H22ClN3O2. The zero-order valence-electron chi connectivity index (χ0n) is 12.7. The number of nitrogens with one attached hydrogen (secondary N) is 2. The lowest BCUT2D eigenvalue weighted by Crippen LogP contribution is -2.40. The molecule has 5 nitrogen and oxygen atoms in total. The van der Waals surface area contributed by atoms with E-state index >= 15 is 0 Å². The number of carbonyl (C=O) groups excluding carboxylic acids is 2. The lowest BCUT2D eigenvalue weighted by atomic mass is 10.1. The summed E-state index contributed by atoms with van der Waals surface area (Å²) < 4.78 is 0. The van der Waals surface area contributed by atoms with Crippen LogP contribution in [0, 0.1) is 12.8 Å². The molecule has 120 valence electrons. The van der Waals surface area contributed by atoms with Crippen LogP contribution in [0.2, 0.25) is 0 Å². The van der Waals surface area contributed by atoms with Gasteiger partial charge in [0.1, 0.15) is 0 Å². The van der Waals surface area contributed by atoms with Crippen LogP contribution in [0.5, 0.6) is 0 Å². The van der Waals surface area contributed by atoms with Crippen molar-refractivity contribution in [2.24, 2.45) is 5.92 Å². The second-order valence-electron chi connectivity index (χ2n) is 5.94. The predicted molar refractivity (Wildman–Crippen MR) is 88.3 cm³/mol. The fourth-order valence-electron chi connectivity index (χ4n) is 2.95. The van der Waals surface area contributed by atoms with E-state index in [-0.39, 0.29) is 36.2 Å². The Morgan fingerprint density at radius 3 is 2.68 bits per heavy atom. The van der Waals surface area contributed by atoms with Crippen LogP contribution in [0.3, 0.4) is 0 Å². The van der Waals surface area contributed by atoms with Crippen LogP contribution in [0.25, 0.3) is 0 Å². The van der Waals surface area contributed by atoms with Crippen LogP contribution >= 0.6 is 12.4 Å². The molecule has 1 aromatic rings. The first-order chi connectivity index (χ1) is 10.1. The summed E-state index contributed by atoms with van der Waals surface area (Å²) in [6.45, 7) is 4.27. The topological polar surface area (TPSA) is 61.4 Å². The molecule has 0 aliphatic carbocycles. The Morgan fingerprint density at radius 2 is 2.05 bits per heavy atom. The molecule has 2 aliphatic heterocycles. The molecule has 2 heterocycles. The number of anilines is 1. The van der Waals surface area contributed by atoms with E-state index < -0.39 is 0 Å². The monoisotopic (exact) mass is 323 g/mol. The normalized spacial score (nSPS) is 24.2. The highest BCUT2D eigenvalue weighted by Gasteiger charge is 2.35. The van der Waals surface area contributed by atoms with Crippen molar-refractivity contribution >= 4 is 29.9 Å². The smallest absolute Gasteiger partial charge is 0.227 e. The van der Waals surface area contributed by atoms with E-state index in [0.717, 1.165) is 30.8 Å². The lowest BCUT2D eigenvalue weighted by molar-refractivity contribution is -0.126. The van der Waals surface area contributed by atoms with E-state index in [0.29, 0.717) is 13.0 Å². The second-order valence-corrected chi connectivity index (χ2v) is 5.94. The highest BCUT2D eigenvalue weighted by atomic mass is 35.5. The average molecular weight is 324 g/mol. The Kier molecular flexibility index (Phi) is 5.42. The molecule has 2 amide bonds. The quantitative estimate of drug-likeness (QED) is 0.880. The van der Waals surface area contributed by atoms with Gasteiger partial charge >= 0.3 is 0 Å². The number of hydrogen-bond acceptors (Lipinski definition) is 3.